The number of aryl methyl sites for hydroxylation is 2. The van der Waals surface area contributed by atoms with E-state index in [2.05, 4.69) is 89.8 Å². The molecule has 0 unspecified atom stereocenters. The van der Waals surface area contributed by atoms with Gasteiger partial charge in [-0.1, -0.05) is 54.6 Å². The molecule has 3 aromatic carbocycles. The lowest BCUT2D eigenvalue weighted by atomic mass is 9.94. The van der Waals surface area contributed by atoms with Gasteiger partial charge in [-0.2, -0.15) is 0 Å². The monoisotopic (exact) mass is 298 g/mol. The molecule has 0 spiro atoms. The lowest BCUT2D eigenvalue weighted by Gasteiger charge is -2.11. The first-order valence-electron chi connectivity index (χ1n) is 8.25. The minimum atomic E-state index is 1.05. The zero-order chi connectivity index (χ0) is 15.5. The molecule has 0 saturated carbocycles. The van der Waals surface area contributed by atoms with Gasteiger partial charge in [-0.05, 0) is 39.6 Å². The maximum absolute atomic E-state index is 2.31. The molecule has 4 aromatic rings. The fraction of sp³-hybridized carbons (Fsp3) is 0.136. The number of pyridine rings is 1. The standard InChI is InChI=1S/C22H20N/c1-6-14-23(15-7-1)16-8-13-22-20-11-4-2-9-18(20)17-19-10-3-5-12-21(19)22/h1-7,9-12,14-15,17H,8,13,16H2/q+1. The Balaban J connectivity index is 1.71. The van der Waals surface area contributed by atoms with Crippen LogP contribution in [0.1, 0.15) is 12.0 Å². The van der Waals surface area contributed by atoms with Gasteiger partial charge in [0.05, 0.1) is 0 Å². The quantitative estimate of drug-likeness (QED) is 0.372. The number of hydrogen-bond acceptors (Lipinski definition) is 0. The van der Waals surface area contributed by atoms with E-state index in [9.17, 15) is 0 Å². The molecule has 0 saturated heterocycles. The van der Waals surface area contributed by atoms with E-state index in [1.54, 1.807) is 0 Å². The Morgan fingerprint density at radius 1 is 0.652 bits per heavy atom. The van der Waals surface area contributed by atoms with E-state index in [4.69, 9.17) is 0 Å². The van der Waals surface area contributed by atoms with Crippen molar-refractivity contribution in [1.82, 2.24) is 0 Å². The first-order chi connectivity index (χ1) is 11.4. The van der Waals surface area contributed by atoms with Gasteiger partial charge < -0.3 is 0 Å². The Hall–Kier alpha value is -2.67. The summed E-state index contributed by atoms with van der Waals surface area (Å²) in [6.45, 7) is 1.05. The minimum absolute atomic E-state index is 1.05. The predicted molar refractivity (Wildman–Crippen MR) is 96.4 cm³/mol. The number of rotatable bonds is 4. The number of nitrogens with zero attached hydrogens (tertiary/aromatic N) is 1. The van der Waals surface area contributed by atoms with Crippen molar-refractivity contribution in [2.24, 2.45) is 0 Å². The highest BCUT2D eigenvalue weighted by Gasteiger charge is 2.08. The summed E-state index contributed by atoms with van der Waals surface area (Å²) >= 11 is 0. The predicted octanol–water partition coefficient (Wildman–Crippen LogP) is 4.91. The fourth-order valence-corrected chi connectivity index (χ4v) is 3.40. The van der Waals surface area contributed by atoms with Crippen LogP contribution in [0.4, 0.5) is 0 Å². The first-order valence-corrected chi connectivity index (χ1v) is 8.25. The maximum atomic E-state index is 2.31. The van der Waals surface area contributed by atoms with E-state index >= 15 is 0 Å². The van der Waals surface area contributed by atoms with Gasteiger partial charge >= 0.3 is 0 Å². The van der Waals surface area contributed by atoms with Gasteiger partial charge in [0.2, 0.25) is 0 Å². The van der Waals surface area contributed by atoms with E-state index in [-0.39, 0.29) is 0 Å². The summed E-state index contributed by atoms with van der Waals surface area (Å²) in [4.78, 5) is 0. The summed E-state index contributed by atoms with van der Waals surface area (Å²) in [5.74, 6) is 0. The normalized spacial score (nSPS) is 11.1. The van der Waals surface area contributed by atoms with Crippen molar-refractivity contribution >= 4 is 21.5 Å². The Kier molecular flexibility index (Phi) is 3.77. The molecule has 0 bridgehead atoms. The van der Waals surface area contributed by atoms with Crippen LogP contribution in [0.5, 0.6) is 0 Å². The highest BCUT2D eigenvalue weighted by molar-refractivity contribution is 6.02. The van der Waals surface area contributed by atoms with Gasteiger partial charge in [-0.15, -0.1) is 0 Å². The molecule has 0 aliphatic heterocycles. The lowest BCUT2D eigenvalue weighted by molar-refractivity contribution is -0.697. The topological polar surface area (TPSA) is 3.88 Å². The third kappa shape index (κ3) is 2.83. The lowest BCUT2D eigenvalue weighted by Crippen LogP contribution is -2.32. The summed E-state index contributed by atoms with van der Waals surface area (Å²) < 4.78 is 2.26. The second kappa shape index (κ2) is 6.21. The number of aromatic nitrogens is 1. The molecule has 1 nitrogen and oxygen atoms in total. The van der Waals surface area contributed by atoms with Crippen LogP contribution in [0.3, 0.4) is 0 Å². The second-order valence-electron chi connectivity index (χ2n) is 6.01. The highest BCUT2D eigenvalue weighted by Crippen LogP contribution is 2.29. The van der Waals surface area contributed by atoms with Crippen LogP contribution in [0, 0.1) is 0 Å². The molecule has 0 fully saturated rings. The van der Waals surface area contributed by atoms with Crippen LogP contribution in [-0.4, -0.2) is 0 Å². The zero-order valence-electron chi connectivity index (χ0n) is 13.2. The molecular formula is C22H20N+. The highest BCUT2D eigenvalue weighted by atomic mass is 14.9. The Morgan fingerprint density at radius 2 is 1.26 bits per heavy atom. The molecule has 23 heavy (non-hydrogen) atoms. The van der Waals surface area contributed by atoms with Crippen molar-refractivity contribution in [2.75, 3.05) is 0 Å². The summed E-state index contributed by atoms with van der Waals surface area (Å²) in [5, 5.41) is 5.47. The molecule has 1 aromatic heterocycles. The van der Waals surface area contributed by atoms with Crippen LogP contribution >= 0.6 is 0 Å². The van der Waals surface area contributed by atoms with Crippen molar-refractivity contribution in [3.8, 4) is 0 Å². The van der Waals surface area contributed by atoms with Gasteiger partial charge in [-0.25, -0.2) is 4.57 Å². The summed E-state index contributed by atoms with van der Waals surface area (Å²) in [5.41, 5.74) is 1.48. The molecule has 1 heterocycles. The van der Waals surface area contributed by atoms with Crippen LogP contribution < -0.4 is 4.57 Å². The van der Waals surface area contributed by atoms with E-state index in [0.717, 1.165) is 19.4 Å². The van der Waals surface area contributed by atoms with E-state index in [0.29, 0.717) is 0 Å². The molecule has 4 rings (SSSR count). The summed E-state index contributed by atoms with van der Waals surface area (Å²) in [7, 11) is 0. The molecule has 0 N–H and O–H groups in total. The summed E-state index contributed by atoms with van der Waals surface area (Å²) in [6.07, 6.45) is 6.53. The SMILES string of the molecule is c1cc[n+](CCCc2c3ccccc3cc3ccccc23)cc1. The van der Waals surface area contributed by atoms with Crippen LogP contribution in [0.2, 0.25) is 0 Å². The Bertz CT molecular complexity index is 888. The molecule has 0 amide bonds. The van der Waals surface area contributed by atoms with Crippen molar-refractivity contribution in [1.29, 1.82) is 0 Å². The third-order valence-corrected chi connectivity index (χ3v) is 4.50. The van der Waals surface area contributed by atoms with E-state index in [1.165, 1.54) is 27.1 Å². The van der Waals surface area contributed by atoms with Gasteiger partial charge in [0.1, 0.15) is 6.54 Å². The largest absolute Gasteiger partial charge is 0.205 e. The zero-order valence-corrected chi connectivity index (χ0v) is 13.2. The van der Waals surface area contributed by atoms with E-state index in [1.807, 2.05) is 0 Å². The van der Waals surface area contributed by atoms with Gasteiger partial charge in [-0.3, -0.25) is 0 Å². The molecule has 0 atom stereocenters. The van der Waals surface area contributed by atoms with Crippen molar-refractivity contribution in [2.45, 2.75) is 19.4 Å². The van der Waals surface area contributed by atoms with E-state index < -0.39 is 0 Å². The average Bonchev–Trinajstić information content (AvgIpc) is 2.62. The van der Waals surface area contributed by atoms with Crippen LogP contribution in [0.25, 0.3) is 21.5 Å². The Labute approximate surface area is 136 Å². The smallest absolute Gasteiger partial charge is 0.168 e. The first kappa shape index (κ1) is 14.0. The molecule has 0 aliphatic carbocycles. The molecule has 0 aliphatic rings. The molecule has 1 heteroatoms. The number of hydrogen-bond donors (Lipinski definition) is 0. The Morgan fingerprint density at radius 3 is 1.91 bits per heavy atom. The van der Waals surface area contributed by atoms with Gasteiger partial charge in [0.15, 0.2) is 12.4 Å². The van der Waals surface area contributed by atoms with Crippen molar-refractivity contribution in [3.63, 3.8) is 0 Å². The van der Waals surface area contributed by atoms with Crippen molar-refractivity contribution < 1.29 is 4.57 Å². The number of benzene rings is 3. The maximum Gasteiger partial charge on any atom is 0.168 e. The fourth-order valence-electron chi connectivity index (χ4n) is 3.40. The van der Waals surface area contributed by atoms with Gasteiger partial charge in [0, 0.05) is 18.6 Å². The average molecular weight is 298 g/mol. The summed E-state index contributed by atoms with van der Waals surface area (Å²) in [6, 6.07) is 26.0. The molecular weight excluding hydrogens is 278 g/mol. The second-order valence-corrected chi connectivity index (χ2v) is 6.01. The minimum Gasteiger partial charge on any atom is -0.205 e. The third-order valence-electron chi connectivity index (χ3n) is 4.50. The number of fused-ring (bicyclic) bond motifs is 2. The van der Waals surface area contributed by atoms with Crippen LogP contribution in [-0.2, 0) is 13.0 Å². The molecule has 112 valence electrons. The van der Waals surface area contributed by atoms with Gasteiger partial charge in [0.25, 0.3) is 0 Å². The van der Waals surface area contributed by atoms with Crippen molar-refractivity contribution in [3.05, 3.63) is 90.8 Å². The van der Waals surface area contributed by atoms with Crippen LogP contribution in [0.15, 0.2) is 85.2 Å². The molecule has 0 radical (unpaired) electrons.